The van der Waals surface area contributed by atoms with Crippen molar-refractivity contribution in [2.45, 2.75) is 25.4 Å². The molecule has 2 heterocycles. The third-order valence-corrected chi connectivity index (χ3v) is 3.93. The highest BCUT2D eigenvalue weighted by Gasteiger charge is 2.27. The maximum Gasteiger partial charge on any atom is 0.336 e. The first-order chi connectivity index (χ1) is 10.3. The Morgan fingerprint density at radius 2 is 2.19 bits per heavy atom. The zero-order chi connectivity index (χ0) is 14.7. The van der Waals surface area contributed by atoms with Crippen LogP contribution < -0.4 is 0 Å². The summed E-state index contributed by atoms with van der Waals surface area (Å²) in [4.78, 5) is 21.9. The van der Waals surface area contributed by atoms with Crippen molar-refractivity contribution in [1.82, 2.24) is 14.9 Å². The number of carboxylic acids is 1. The van der Waals surface area contributed by atoms with Gasteiger partial charge in [0.1, 0.15) is 6.33 Å². The molecule has 5 nitrogen and oxygen atoms in total. The lowest BCUT2D eigenvalue weighted by molar-refractivity contribution is 0.0694. The van der Waals surface area contributed by atoms with Gasteiger partial charge in [-0.2, -0.15) is 0 Å². The Labute approximate surface area is 123 Å². The van der Waals surface area contributed by atoms with E-state index >= 15 is 0 Å². The molecule has 1 aromatic heterocycles. The molecule has 0 aliphatic carbocycles. The molecule has 0 amide bonds. The Balaban J connectivity index is 1.83. The lowest BCUT2D eigenvalue weighted by Gasteiger charge is -2.24. The fraction of sp³-hybridized carbons (Fsp3) is 0.312. The van der Waals surface area contributed by atoms with E-state index in [1.54, 1.807) is 24.7 Å². The van der Waals surface area contributed by atoms with Crippen molar-refractivity contribution < 1.29 is 9.90 Å². The molecular formula is C16H17N3O2. The zero-order valence-electron chi connectivity index (χ0n) is 11.6. The minimum absolute atomic E-state index is 0.245. The number of likely N-dealkylation sites (tertiary alicyclic amines) is 1. The Bertz CT molecular complexity index is 630. The van der Waals surface area contributed by atoms with Crippen LogP contribution in [0.3, 0.4) is 0 Å². The van der Waals surface area contributed by atoms with Gasteiger partial charge in [-0.3, -0.25) is 4.90 Å². The van der Waals surface area contributed by atoms with Crippen molar-refractivity contribution in [3.05, 3.63) is 59.7 Å². The molecule has 1 aliphatic heterocycles. The number of carboxylic acid groups (broad SMARTS) is 1. The highest BCUT2D eigenvalue weighted by Crippen LogP contribution is 2.32. The van der Waals surface area contributed by atoms with E-state index in [9.17, 15) is 9.90 Å². The van der Waals surface area contributed by atoms with Crippen molar-refractivity contribution in [3.8, 4) is 0 Å². The molecule has 108 valence electrons. The standard InChI is InChI=1S/C16H17N3O2/c20-16(21)13-5-2-1-4-12(13)10-19-9-3-6-15(19)14-7-8-17-11-18-14/h1-2,4-5,7-8,11,15H,3,6,9-10H2,(H,20,21)/t15-/m1/s1. The number of hydrogen-bond acceptors (Lipinski definition) is 4. The molecule has 0 radical (unpaired) electrons. The molecule has 1 N–H and O–H groups in total. The van der Waals surface area contributed by atoms with Crippen molar-refractivity contribution in [2.75, 3.05) is 6.54 Å². The van der Waals surface area contributed by atoms with Crippen LogP contribution in [-0.4, -0.2) is 32.5 Å². The van der Waals surface area contributed by atoms with Crippen LogP contribution in [-0.2, 0) is 6.54 Å². The van der Waals surface area contributed by atoms with Crippen LogP contribution in [0.25, 0.3) is 0 Å². The molecule has 21 heavy (non-hydrogen) atoms. The van der Waals surface area contributed by atoms with Crippen molar-refractivity contribution in [2.24, 2.45) is 0 Å². The Morgan fingerprint density at radius 3 is 2.95 bits per heavy atom. The maximum absolute atomic E-state index is 11.3. The smallest absolute Gasteiger partial charge is 0.336 e. The van der Waals surface area contributed by atoms with Gasteiger partial charge in [-0.15, -0.1) is 0 Å². The highest BCUT2D eigenvalue weighted by atomic mass is 16.4. The van der Waals surface area contributed by atoms with Gasteiger partial charge in [0.2, 0.25) is 0 Å². The highest BCUT2D eigenvalue weighted by molar-refractivity contribution is 5.89. The fourth-order valence-electron chi connectivity index (χ4n) is 2.93. The van der Waals surface area contributed by atoms with Crippen LogP contribution in [0.5, 0.6) is 0 Å². The van der Waals surface area contributed by atoms with E-state index in [-0.39, 0.29) is 6.04 Å². The number of aromatic carboxylic acids is 1. The van der Waals surface area contributed by atoms with Crippen molar-refractivity contribution in [3.63, 3.8) is 0 Å². The normalized spacial score (nSPS) is 18.8. The quantitative estimate of drug-likeness (QED) is 0.934. The minimum Gasteiger partial charge on any atom is -0.478 e. The van der Waals surface area contributed by atoms with E-state index in [1.165, 1.54) is 0 Å². The Morgan fingerprint density at radius 1 is 1.33 bits per heavy atom. The molecular weight excluding hydrogens is 266 g/mol. The van der Waals surface area contributed by atoms with Crippen LogP contribution in [0.2, 0.25) is 0 Å². The van der Waals surface area contributed by atoms with Gasteiger partial charge in [0.25, 0.3) is 0 Å². The van der Waals surface area contributed by atoms with Crippen LogP contribution in [0, 0.1) is 0 Å². The van der Waals surface area contributed by atoms with Crippen molar-refractivity contribution >= 4 is 5.97 Å². The predicted molar refractivity (Wildman–Crippen MR) is 77.8 cm³/mol. The Kier molecular flexibility index (Phi) is 3.92. The second-order valence-corrected chi connectivity index (χ2v) is 5.23. The van der Waals surface area contributed by atoms with Gasteiger partial charge in [-0.25, -0.2) is 14.8 Å². The first-order valence-electron chi connectivity index (χ1n) is 7.07. The molecule has 1 atom stereocenters. The summed E-state index contributed by atoms with van der Waals surface area (Å²) in [5.41, 5.74) is 2.24. The predicted octanol–water partition coefficient (Wildman–Crippen LogP) is 2.51. The largest absolute Gasteiger partial charge is 0.478 e. The zero-order valence-corrected chi connectivity index (χ0v) is 11.6. The SMILES string of the molecule is O=C(O)c1ccccc1CN1CCC[C@@H]1c1ccncn1. The van der Waals surface area contributed by atoms with E-state index in [2.05, 4.69) is 14.9 Å². The lowest BCUT2D eigenvalue weighted by atomic mass is 10.1. The van der Waals surface area contributed by atoms with Crippen molar-refractivity contribution in [1.29, 1.82) is 0 Å². The number of aromatic nitrogens is 2. The fourth-order valence-corrected chi connectivity index (χ4v) is 2.93. The van der Waals surface area contributed by atoms with Gasteiger partial charge in [0.05, 0.1) is 17.3 Å². The topological polar surface area (TPSA) is 66.3 Å². The van der Waals surface area contributed by atoms with Crippen LogP contribution >= 0.6 is 0 Å². The molecule has 0 saturated carbocycles. The molecule has 1 fully saturated rings. The molecule has 2 aromatic rings. The maximum atomic E-state index is 11.3. The molecule has 1 aliphatic rings. The number of nitrogens with zero attached hydrogens (tertiary/aromatic N) is 3. The molecule has 5 heteroatoms. The molecule has 3 rings (SSSR count). The summed E-state index contributed by atoms with van der Waals surface area (Å²) in [6.45, 7) is 1.60. The molecule has 0 bridgehead atoms. The van der Waals surface area contributed by atoms with Crippen LogP contribution in [0.15, 0.2) is 42.9 Å². The minimum atomic E-state index is -0.872. The summed E-state index contributed by atoms with van der Waals surface area (Å²) >= 11 is 0. The summed E-state index contributed by atoms with van der Waals surface area (Å²) in [7, 11) is 0. The van der Waals surface area contributed by atoms with E-state index in [4.69, 9.17) is 0 Å². The summed E-state index contributed by atoms with van der Waals surface area (Å²) in [6, 6.07) is 9.38. The second kappa shape index (κ2) is 6.01. The second-order valence-electron chi connectivity index (χ2n) is 5.23. The van der Waals surface area contributed by atoms with E-state index in [0.29, 0.717) is 12.1 Å². The summed E-state index contributed by atoms with van der Waals surface area (Å²) < 4.78 is 0. The number of carbonyl (C=O) groups is 1. The van der Waals surface area contributed by atoms with Crippen LogP contribution in [0.4, 0.5) is 0 Å². The summed E-state index contributed by atoms with van der Waals surface area (Å²) in [5.74, 6) is -0.872. The van der Waals surface area contributed by atoms with Gasteiger partial charge in [0, 0.05) is 12.7 Å². The number of benzene rings is 1. The van der Waals surface area contributed by atoms with Gasteiger partial charge in [-0.1, -0.05) is 18.2 Å². The summed E-state index contributed by atoms with van der Waals surface area (Å²) in [5, 5.41) is 9.28. The van der Waals surface area contributed by atoms with Crippen LogP contribution in [0.1, 0.15) is 40.5 Å². The first-order valence-corrected chi connectivity index (χ1v) is 7.07. The van der Waals surface area contributed by atoms with E-state index < -0.39 is 5.97 Å². The number of rotatable bonds is 4. The van der Waals surface area contributed by atoms with E-state index in [0.717, 1.165) is 30.6 Å². The molecule has 0 spiro atoms. The first kappa shape index (κ1) is 13.7. The van der Waals surface area contributed by atoms with Gasteiger partial charge >= 0.3 is 5.97 Å². The third-order valence-electron chi connectivity index (χ3n) is 3.93. The monoisotopic (exact) mass is 283 g/mol. The average Bonchev–Trinajstić information content (AvgIpc) is 2.96. The number of hydrogen-bond donors (Lipinski definition) is 1. The molecule has 0 unspecified atom stereocenters. The molecule has 1 saturated heterocycles. The van der Waals surface area contributed by atoms with Gasteiger partial charge in [0.15, 0.2) is 0 Å². The third kappa shape index (κ3) is 2.92. The Hall–Kier alpha value is -2.27. The van der Waals surface area contributed by atoms with Gasteiger partial charge < -0.3 is 5.11 Å². The van der Waals surface area contributed by atoms with E-state index in [1.807, 2.05) is 18.2 Å². The average molecular weight is 283 g/mol. The summed E-state index contributed by atoms with van der Waals surface area (Å²) in [6.07, 6.45) is 5.47. The van der Waals surface area contributed by atoms with Gasteiger partial charge in [-0.05, 0) is 37.1 Å². The lowest BCUT2D eigenvalue weighted by Crippen LogP contribution is -2.24. The molecule has 1 aromatic carbocycles.